The summed E-state index contributed by atoms with van der Waals surface area (Å²) >= 11 is 0. The van der Waals surface area contributed by atoms with E-state index < -0.39 is 0 Å². The zero-order valence-corrected chi connectivity index (χ0v) is 8.01. The molecule has 0 atom stereocenters. The van der Waals surface area contributed by atoms with Gasteiger partial charge in [0, 0.05) is 18.0 Å². The lowest BCUT2D eigenvalue weighted by atomic mass is 10.2. The molecule has 0 amide bonds. The highest BCUT2D eigenvalue weighted by atomic mass is 15.0. The van der Waals surface area contributed by atoms with Gasteiger partial charge in [-0.25, -0.2) is 9.97 Å². The van der Waals surface area contributed by atoms with Crippen LogP contribution in [0.3, 0.4) is 0 Å². The second-order valence-corrected chi connectivity index (χ2v) is 2.57. The Morgan fingerprint density at radius 2 is 2.43 bits per heavy atom. The Kier molecular flexibility index (Phi) is 3.55. The van der Waals surface area contributed by atoms with Gasteiger partial charge in [0.15, 0.2) is 0 Å². The van der Waals surface area contributed by atoms with Gasteiger partial charge in [0.25, 0.3) is 0 Å². The molecule has 0 radical (unpaired) electrons. The molecule has 0 spiro atoms. The summed E-state index contributed by atoms with van der Waals surface area (Å²) in [5.41, 5.74) is 7.07. The molecule has 0 aliphatic heterocycles. The highest BCUT2D eigenvalue weighted by Crippen LogP contribution is 2.13. The molecule has 0 unspecified atom stereocenters. The van der Waals surface area contributed by atoms with Gasteiger partial charge >= 0.3 is 0 Å². The molecule has 0 fully saturated rings. The molecule has 2 N–H and O–H groups in total. The van der Waals surface area contributed by atoms with E-state index in [2.05, 4.69) is 21.7 Å². The van der Waals surface area contributed by atoms with Crippen molar-refractivity contribution < 1.29 is 0 Å². The minimum absolute atomic E-state index is 0.252. The number of nitrogens with two attached hydrogens (primary N) is 1. The van der Waals surface area contributed by atoms with E-state index in [1.54, 1.807) is 18.5 Å². The SMILES string of the molecule is C=N/C=C(\C=C/C)c1ccnc(N)n1. The molecule has 0 aliphatic carbocycles. The van der Waals surface area contributed by atoms with E-state index in [1.165, 1.54) is 0 Å². The molecule has 0 saturated heterocycles. The van der Waals surface area contributed by atoms with Crippen molar-refractivity contribution in [3.8, 4) is 0 Å². The average Bonchev–Trinajstić information content (AvgIpc) is 2.17. The Labute approximate surface area is 82.9 Å². The molecule has 0 saturated carbocycles. The molecular formula is C10H12N4. The van der Waals surface area contributed by atoms with Crippen molar-refractivity contribution >= 4 is 18.2 Å². The smallest absolute Gasteiger partial charge is 0.220 e. The van der Waals surface area contributed by atoms with Crippen LogP contribution in [0.15, 0.2) is 35.6 Å². The van der Waals surface area contributed by atoms with Crippen LogP contribution in [0.1, 0.15) is 12.6 Å². The van der Waals surface area contributed by atoms with E-state index in [-0.39, 0.29) is 5.95 Å². The van der Waals surface area contributed by atoms with Gasteiger partial charge in [0.2, 0.25) is 5.95 Å². The number of nitrogen functional groups attached to an aromatic ring is 1. The average molecular weight is 188 g/mol. The Morgan fingerprint density at radius 1 is 1.64 bits per heavy atom. The number of aliphatic imine (C=N–C) groups is 1. The van der Waals surface area contributed by atoms with Crippen LogP contribution in [0.4, 0.5) is 5.95 Å². The van der Waals surface area contributed by atoms with E-state index >= 15 is 0 Å². The van der Waals surface area contributed by atoms with E-state index in [4.69, 9.17) is 5.73 Å². The maximum atomic E-state index is 5.47. The lowest BCUT2D eigenvalue weighted by molar-refractivity contribution is 1.16. The van der Waals surface area contributed by atoms with Crippen LogP contribution in [-0.2, 0) is 0 Å². The van der Waals surface area contributed by atoms with E-state index in [0.717, 1.165) is 11.3 Å². The van der Waals surface area contributed by atoms with E-state index in [1.807, 2.05) is 19.1 Å². The first-order valence-corrected chi connectivity index (χ1v) is 4.15. The largest absolute Gasteiger partial charge is 0.368 e. The van der Waals surface area contributed by atoms with Crippen LogP contribution in [0.25, 0.3) is 5.57 Å². The Bertz CT molecular complexity index is 379. The topological polar surface area (TPSA) is 64.2 Å². The summed E-state index contributed by atoms with van der Waals surface area (Å²) in [6.07, 6.45) is 7.02. The zero-order chi connectivity index (χ0) is 10.4. The Morgan fingerprint density at radius 3 is 3.00 bits per heavy atom. The fraction of sp³-hybridized carbons (Fsp3) is 0.100. The van der Waals surface area contributed by atoms with Crippen LogP contribution in [0.2, 0.25) is 0 Å². The molecule has 1 aromatic heterocycles. The van der Waals surface area contributed by atoms with Crippen molar-refractivity contribution in [1.29, 1.82) is 0 Å². The number of hydrogen-bond acceptors (Lipinski definition) is 4. The van der Waals surface area contributed by atoms with Gasteiger partial charge in [0.1, 0.15) is 0 Å². The summed E-state index contributed by atoms with van der Waals surface area (Å²) in [4.78, 5) is 11.6. The highest BCUT2D eigenvalue weighted by molar-refractivity contribution is 5.72. The zero-order valence-electron chi connectivity index (χ0n) is 8.01. The molecule has 0 aliphatic rings. The minimum Gasteiger partial charge on any atom is -0.368 e. The van der Waals surface area contributed by atoms with E-state index in [9.17, 15) is 0 Å². The van der Waals surface area contributed by atoms with Crippen molar-refractivity contribution in [2.45, 2.75) is 6.92 Å². The van der Waals surface area contributed by atoms with Gasteiger partial charge in [-0.05, 0) is 19.7 Å². The summed E-state index contributed by atoms with van der Waals surface area (Å²) in [5.74, 6) is 0.252. The highest BCUT2D eigenvalue weighted by Gasteiger charge is 1.99. The molecule has 4 nitrogen and oxygen atoms in total. The number of allylic oxidation sites excluding steroid dienone is 3. The second-order valence-electron chi connectivity index (χ2n) is 2.57. The number of aromatic nitrogens is 2. The summed E-state index contributed by atoms with van der Waals surface area (Å²) < 4.78 is 0. The number of rotatable bonds is 3. The maximum Gasteiger partial charge on any atom is 0.220 e. The quantitative estimate of drug-likeness (QED) is 0.579. The molecule has 14 heavy (non-hydrogen) atoms. The predicted molar refractivity (Wildman–Crippen MR) is 58.8 cm³/mol. The summed E-state index contributed by atoms with van der Waals surface area (Å²) in [6.45, 7) is 5.31. The summed E-state index contributed by atoms with van der Waals surface area (Å²) in [7, 11) is 0. The van der Waals surface area contributed by atoms with Crippen molar-refractivity contribution in [3.63, 3.8) is 0 Å². The standard InChI is InChI=1S/C10H12N4/c1-3-4-8(7-12-2)9-5-6-13-10(11)14-9/h3-7H,2H2,1H3,(H2,11,13,14)/b4-3-,8-7+. The lowest BCUT2D eigenvalue weighted by Gasteiger charge is -2.00. The molecule has 1 aromatic rings. The van der Waals surface area contributed by atoms with Crippen LogP contribution in [0.5, 0.6) is 0 Å². The molecular weight excluding hydrogens is 176 g/mol. The molecule has 0 bridgehead atoms. The third-order valence-corrected chi connectivity index (χ3v) is 1.55. The van der Waals surface area contributed by atoms with Gasteiger partial charge in [-0.2, -0.15) is 0 Å². The molecule has 1 heterocycles. The van der Waals surface area contributed by atoms with Crippen molar-refractivity contribution in [3.05, 3.63) is 36.3 Å². The van der Waals surface area contributed by atoms with Crippen LogP contribution in [0, 0.1) is 0 Å². The van der Waals surface area contributed by atoms with Gasteiger partial charge in [0.05, 0.1) is 5.69 Å². The Balaban J connectivity index is 3.11. The predicted octanol–water partition coefficient (Wildman–Crippen LogP) is 1.68. The normalized spacial score (nSPS) is 11.9. The third kappa shape index (κ3) is 2.52. The summed E-state index contributed by atoms with van der Waals surface area (Å²) in [6, 6.07) is 1.77. The second kappa shape index (κ2) is 4.91. The van der Waals surface area contributed by atoms with Crippen molar-refractivity contribution in [2.75, 3.05) is 5.73 Å². The summed E-state index contributed by atoms with van der Waals surface area (Å²) in [5, 5.41) is 0. The monoisotopic (exact) mass is 188 g/mol. The van der Waals surface area contributed by atoms with E-state index in [0.29, 0.717) is 0 Å². The maximum absolute atomic E-state index is 5.47. The van der Waals surface area contributed by atoms with Gasteiger partial charge < -0.3 is 5.73 Å². The number of hydrogen-bond donors (Lipinski definition) is 1. The minimum atomic E-state index is 0.252. The Hall–Kier alpha value is -1.97. The molecule has 1 rings (SSSR count). The fourth-order valence-electron chi connectivity index (χ4n) is 1.01. The molecule has 4 heteroatoms. The fourth-order valence-corrected chi connectivity index (χ4v) is 1.01. The van der Waals surface area contributed by atoms with Crippen LogP contribution in [-0.4, -0.2) is 16.7 Å². The third-order valence-electron chi connectivity index (χ3n) is 1.55. The van der Waals surface area contributed by atoms with Gasteiger partial charge in [-0.3, -0.25) is 4.99 Å². The number of anilines is 1. The lowest BCUT2D eigenvalue weighted by Crippen LogP contribution is -1.96. The molecule has 72 valence electrons. The first-order chi connectivity index (χ1) is 6.77. The van der Waals surface area contributed by atoms with Gasteiger partial charge in [-0.1, -0.05) is 12.2 Å². The van der Waals surface area contributed by atoms with Crippen LogP contribution < -0.4 is 5.73 Å². The van der Waals surface area contributed by atoms with Crippen molar-refractivity contribution in [2.24, 2.45) is 4.99 Å². The molecule has 0 aromatic carbocycles. The van der Waals surface area contributed by atoms with Gasteiger partial charge in [-0.15, -0.1) is 0 Å². The van der Waals surface area contributed by atoms with Crippen molar-refractivity contribution in [1.82, 2.24) is 9.97 Å². The van der Waals surface area contributed by atoms with Crippen LogP contribution >= 0.6 is 0 Å². The first-order valence-electron chi connectivity index (χ1n) is 4.15. The number of nitrogens with zero attached hydrogens (tertiary/aromatic N) is 3. The first kappa shape index (κ1) is 10.1.